The lowest BCUT2D eigenvalue weighted by molar-refractivity contribution is -0.139. The Balaban J connectivity index is 1.84. The minimum Gasteiger partial charge on any atom is -0.355 e. The summed E-state index contributed by atoms with van der Waals surface area (Å²) in [5.41, 5.74) is 1.73. The van der Waals surface area contributed by atoms with E-state index in [9.17, 15) is 18.4 Å². The van der Waals surface area contributed by atoms with Gasteiger partial charge in [-0.25, -0.2) is 8.78 Å². The molecule has 0 aliphatic heterocycles. The van der Waals surface area contributed by atoms with Crippen LogP contribution in [0, 0.1) is 11.6 Å². The predicted octanol–water partition coefficient (Wildman–Crippen LogP) is 4.97. The second kappa shape index (κ2) is 12.9. The molecule has 4 nitrogen and oxygen atoms in total. The van der Waals surface area contributed by atoms with Crippen LogP contribution < -0.4 is 5.32 Å². The van der Waals surface area contributed by atoms with Crippen molar-refractivity contribution in [2.45, 2.75) is 31.7 Å². The van der Waals surface area contributed by atoms with Gasteiger partial charge in [-0.05, 0) is 30.2 Å². The quantitative estimate of drug-likeness (QED) is 0.420. The van der Waals surface area contributed by atoms with Gasteiger partial charge in [0, 0.05) is 30.8 Å². The Bertz CT molecular complexity index is 1090. The highest BCUT2D eigenvalue weighted by Gasteiger charge is 2.30. The molecule has 0 aliphatic rings. The minimum atomic E-state index is -0.816. The number of hydrogen-bond acceptors (Lipinski definition) is 3. The number of amides is 2. The maximum absolute atomic E-state index is 14.5. The molecule has 0 radical (unpaired) electrons. The molecule has 0 fully saturated rings. The minimum absolute atomic E-state index is 0.0352. The van der Waals surface area contributed by atoms with Gasteiger partial charge in [-0.1, -0.05) is 66.7 Å². The monoisotopic (exact) mass is 482 g/mol. The van der Waals surface area contributed by atoms with Gasteiger partial charge in [0.05, 0.1) is 5.75 Å². The van der Waals surface area contributed by atoms with E-state index in [4.69, 9.17) is 0 Å². The Morgan fingerprint density at radius 1 is 0.882 bits per heavy atom. The molecule has 0 aromatic heterocycles. The highest BCUT2D eigenvalue weighted by atomic mass is 32.2. The van der Waals surface area contributed by atoms with Crippen LogP contribution in [-0.4, -0.2) is 35.1 Å². The van der Waals surface area contributed by atoms with Gasteiger partial charge in [0.2, 0.25) is 11.8 Å². The van der Waals surface area contributed by atoms with E-state index < -0.39 is 11.9 Å². The van der Waals surface area contributed by atoms with E-state index in [1.54, 1.807) is 36.4 Å². The second-order valence-electron chi connectivity index (χ2n) is 7.80. The molecule has 0 heterocycles. The number of hydrogen-bond donors (Lipinski definition) is 1. The third kappa shape index (κ3) is 7.15. The molecule has 3 aromatic rings. The summed E-state index contributed by atoms with van der Waals surface area (Å²) in [6, 6.07) is 21.3. The van der Waals surface area contributed by atoms with Gasteiger partial charge in [0.1, 0.15) is 17.7 Å². The zero-order valence-corrected chi connectivity index (χ0v) is 19.9. The third-order valence-electron chi connectivity index (χ3n) is 5.36. The van der Waals surface area contributed by atoms with Crippen molar-refractivity contribution in [1.82, 2.24) is 10.2 Å². The van der Waals surface area contributed by atoms with Crippen molar-refractivity contribution >= 4 is 23.6 Å². The Morgan fingerprint density at radius 2 is 1.47 bits per heavy atom. The molecule has 2 amide bonds. The van der Waals surface area contributed by atoms with E-state index in [-0.39, 0.29) is 29.9 Å². The topological polar surface area (TPSA) is 49.4 Å². The van der Waals surface area contributed by atoms with E-state index in [0.717, 1.165) is 5.56 Å². The lowest BCUT2D eigenvalue weighted by Crippen LogP contribution is -2.51. The van der Waals surface area contributed by atoms with Crippen molar-refractivity contribution < 1.29 is 18.4 Å². The average molecular weight is 483 g/mol. The first-order chi connectivity index (χ1) is 16.5. The second-order valence-corrected chi connectivity index (χ2v) is 8.78. The van der Waals surface area contributed by atoms with Crippen LogP contribution in [0.4, 0.5) is 8.78 Å². The molecule has 7 heteroatoms. The van der Waals surface area contributed by atoms with Crippen molar-refractivity contribution in [1.29, 1.82) is 0 Å². The summed E-state index contributed by atoms with van der Waals surface area (Å²) < 4.78 is 28.4. The molecule has 1 N–H and O–H groups in total. The van der Waals surface area contributed by atoms with Crippen molar-refractivity contribution in [2.75, 3.05) is 12.3 Å². The summed E-state index contributed by atoms with van der Waals surface area (Å²) in [6.07, 6.45) is 0.296. The van der Waals surface area contributed by atoms with Crippen LogP contribution in [0.2, 0.25) is 0 Å². The fourth-order valence-electron chi connectivity index (χ4n) is 3.60. The number of carbonyl (C=O) groups excluding carboxylic acids is 2. The summed E-state index contributed by atoms with van der Waals surface area (Å²) in [7, 11) is 0. The molecule has 0 bridgehead atoms. The number of thioether (sulfide) groups is 1. The molecular formula is C27H28F2N2O2S. The Hall–Kier alpha value is -3.19. The first-order valence-electron chi connectivity index (χ1n) is 11.1. The predicted molar refractivity (Wildman–Crippen MR) is 132 cm³/mol. The molecule has 1 atom stereocenters. The zero-order chi connectivity index (χ0) is 24.3. The molecule has 3 rings (SSSR count). The lowest BCUT2D eigenvalue weighted by Gasteiger charge is -2.31. The summed E-state index contributed by atoms with van der Waals surface area (Å²) in [6.45, 7) is 2.18. The zero-order valence-electron chi connectivity index (χ0n) is 19.0. The number of benzene rings is 3. The number of nitrogens with one attached hydrogen (secondary N) is 1. The van der Waals surface area contributed by atoms with Gasteiger partial charge in [-0.3, -0.25) is 9.59 Å². The SMILES string of the molecule is CCNC(=O)[C@H](Cc1ccccc1)N(Cc1ccccc1F)C(=O)CSCc1ccccc1F. The largest absolute Gasteiger partial charge is 0.355 e. The fourth-order valence-corrected chi connectivity index (χ4v) is 4.50. The Labute approximate surface area is 203 Å². The fraction of sp³-hybridized carbons (Fsp3) is 0.259. The van der Waals surface area contributed by atoms with E-state index in [0.29, 0.717) is 29.8 Å². The maximum Gasteiger partial charge on any atom is 0.243 e. The normalized spacial score (nSPS) is 11.6. The molecule has 0 saturated carbocycles. The molecule has 0 spiro atoms. The smallest absolute Gasteiger partial charge is 0.243 e. The number of rotatable bonds is 11. The van der Waals surface area contributed by atoms with Crippen LogP contribution in [-0.2, 0) is 28.3 Å². The highest BCUT2D eigenvalue weighted by Crippen LogP contribution is 2.20. The summed E-state index contributed by atoms with van der Waals surface area (Å²) in [4.78, 5) is 27.9. The van der Waals surface area contributed by atoms with Gasteiger partial charge in [0.25, 0.3) is 0 Å². The summed E-state index contributed by atoms with van der Waals surface area (Å²) >= 11 is 1.26. The number of likely N-dealkylation sites (N-methyl/N-ethyl adjacent to an activating group) is 1. The van der Waals surface area contributed by atoms with Crippen LogP contribution in [0.25, 0.3) is 0 Å². The summed E-state index contributed by atoms with van der Waals surface area (Å²) in [5, 5.41) is 2.81. The van der Waals surface area contributed by atoms with E-state index in [1.807, 2.05) is 37.3 Å². The first kappa shape index (κ1) is 25.4. The highest BCUT2D eigenvalue weighted by molar-refractivity contribution is 7.99. The number of nitrogens with zero attached hydrogens (tertiary/aromatic N) is 1. The van der Waals surface area contributed by atoms with Crippen LogP contribution >= 0.6 is 11.8 Å². The van der Waals surface area contributed by atoms with Gasteiger partial charge in [-0.2, -0.15) is 0 Å². The molecule has 0 unspecified atom stereocenters. The van der Waals surface area contributed by atoms with Crippen LogP contribution in [0.15, 0.2) is 78.9 Å². The van der Waals surface area contributed by atoms with Crippen LogP contribution in [0.1, 0.15) is 23.6 Å². The number of halogens is 2. The summed E-state index contributed by atoms with van der Waals surface area (Å²) in [5.74, 6) is -1.01. The van der Waals surface area contributed by atoms with Crippen LogP contribution in [0.5, 0.6) is 0 Å². The van der Waals surface area contributed by atoms with Gasteiger partial charge in [0.15, 0.2) is 0 Å². The van der Waals surface area contributed by atoms with E-state index >= 15 is 0 Å². The molecule has 34 heavy (non-hydrogen) atoms. The third-order valence-corrected chi connectivity index (χ3v) is 6.33. The number of carbonyl (C=O) groups is 2. The van der Waals surface area contributed by atoms with Gasteiger partial charge < -0.3 is 10.2 Å². The van der Waals surface area contributed by atoms with Crippen LogP contribution in [0.3, 0.4) is 0 Å². The van der Waals surface area contributed by atoms with Crippen molar-refractivity contribution in [2.24, 2.45) is 0 Å². The molecule has 0 aliphatic carbocycles. The molecule has 178 valence electrons. The van der Waals surface area contributed by atoms with Crippen molar-refractivity contribution in [3.63, 3.8) is 0 Å². The van der Waals surface area contributed by atoms with E-state index in [1.165, 1.54) is 28.8 Å². The van der Waals surface area contributed by atoms with Gasteiger partial charge in [-0.15, -0.1) is 11.8 Å². The van der Waals surface area contributed by atoms with E-state index in [2.05, 4.69) is 5.32 Å². The Morgan fingerprint density at radius 3 is 2.09 bits per heavy atom. The van der Waals surface area contributed by atoms with Crippen molar-refractivity contribution in [3.05, 3.63) is 107 Å². The maximum atomic E-state index is 14.5. The molecular weight excluding hydrogens is 454 g/mol. The average Bonchev–Trinajstić information content (AvgIpc) is 2.84. The Kier molecular flexibility index (Phi) is 9.64. The molecule has 3 aromatic carbocycles. The lowest BCUT2D eigenvalue weighted by atomic mass is 10.0. The standard InChI is InChI=1S/C27H28F2N2O2S/c1-2-30-27(33)25(16-20-10-4-3-5-11-20)31(17-21-12-6-8-14-23(21)28)26(32)19-34-18-22-13-7-9-15-24(22)29/h3-15,25H,2,16-19H2,1H3,(H,30,33)/t25-/m0/s1. The first-order valence-corrected chi connectivity index (χ1v) is 12.3. The molecule has 0 saturated heterocycles. The van der Waals surface area contributed by atoms with Gasteiger partial charge >= 0.3 is 0 Å². The van der Waals surface area contributed by atoms with Crippen molar-refractivity contribution in [3.8, 4) is 0 Å².